The molecule has 3 nitrogen and oxygen atoms in total. The first-order chi connectivity index (χ1) is 8.49. The van der Waals surface area contributed by atoms with Crippen molar-refractivity contribution in [1.82, 2.24) is 4.90 Å². The number of rotatable bonds is 3. The number of halogens is 1. The summed E-state index contributed by atoms with van der Waals surface area (Å²) in [6.07, 6.45) is 1.99. The normalized spacial score (nSPS) is 19.7. The second-order valence-electron chi connectivity index (χ2n) is 5.38. The van der Waals surface area contributed by atoms with Crippen molar-refractivity contribution >= 4 is 28.4 Å². The van der Waals surface area contributed by atoms with Crippen LogP contribution in [-0.4, -0.2) is 23.8 Å². The maximum atomic E-state index is 7.65. The van der Waals surface area contributed by atoms with E-state index in [1.807, 2.05) is 0 Å². The van der Waals surface area contributed by atoms with E-state index in [-0.39, 0.29) is 5.41 Å². The number of hydrogen-bond donors (Lipinski definition) is 2. The van der Waals surface area contributed by atoms with E-state index in [0.29, 0.717) is 5.84 Å². The van der Waals surface area contributed by atoms with Gasteiger partial charge in [-0.25, -0.2) is 0 Å². The van der Waals surface area contributed by atoms with Crippen molar-refractivity contribution in [2.75, 3.05) is 13.1 Å². The highest BCUT2D eigenvalue weighted by molar-refractivity contribution is 14.1. The lowest BCUT2D eigenvalue weighted by atomic mass is 9.79. The van der Waals surface area contributed by atoms with E-state index in [9.17, 15) is 0 Å². The van der Waals surface area contributed by atoms with Gasteiger partial charge in [-0.05, 0) is 66.2 Å². The molecule has 1 fully saturated rings. The molecule has 0 spiro atoms. The van der Waals surface area contributed by atoms with Crippen LogP contribution in [0.3, 0.4) is 0 Å². The Bertz CT molecular complexity index is 419. The van der Waals surface area contributed by atoms with Crippen LogP contribution in [0.5, 0.6) is 0 Å². The number of benzene rings is 1. The summed E-state index contributed by atoms with van der Waals surface area (Å²) in [5.41, 5.74) is 6.96. The number of nitrogens with zero attached hydrogens (tertiary/aromatic N) is 1. The van der Waals surface area contributed by atoms with Gasteiger partial charge in [0, 0.05) is 15.5 Å². The van der Waals surface area contributed by atoms with Crippen LogP contribution in [0.4, 0.5) is 0 Å². The Labute approximate surface area is 122 Å². The molecule has 1 aromatic carbocycles. The van der Waals surface area contributed by atoms with Gasteiger partial charge in [0.1, 0.15) is 0 Å². The van der Waals surface area contributed by atoms with Crippen molar-refractivity contribution in [3.63, 3.8) is 0 Å². The molecule has 1 aliphatic rings. The van der Waals surface area contributed by atoms with Crippen LogP contribution in [0.2, 0.25) is 0 Å². The molecule has 1 saturated heterocycles. The summed E-state index contributed by atoms with van der Waals surface area (Å²) < 4.78 is 1.28. The molecule has 0 aromatic heterocycles. The van der Waals surface area contributed by atoms with Crippen LogP contribution in [0.15, 0.2) is 24.3 Å². The van der Waals surface area contributed by atoms with Gasteiger partial charge >= 0.3 is 0 Å². The Balaban J connectivity index is 1.91. The lowest BCUT2D eigenvalue weighted by Crippen LogP contribution is -2.44. The molecule has 0 saturated carbocycles. The van der Waals surface area contributed by atoms with E-state index in [2.05, 4.69) is 58.7 Å². The molecule has 0 radical (unpaired) electrons. The minimum atomic E-state index is -0.0808. The quantitative estimate of drug-likeness (QED) is 0.497. The Kier molecular flexibility index (Phi) is 4.27. The highest BCUT2D eigenvalue weighted by Gasteiger charge is 2.32. The number of likely N-dealkylation sites (tertiary alicyclic amines) is 1. The minimum Gasteiger partial charge on any atom is -0.387 e. The average molecular weight is 357 g/mol. The van der Waals surface area contributed by atoms with Gasteiger partial charge in [0.15, 0.2) is 0 Å². The zero-order chi connectivity index (χ0) is 13.2. The zero-order valence-corrected chi connectivity index (χ0v) is 12.9. The average Bonchev–Trinajstić information content (AvgIpc) is 2.35. The molecular weight excluding hydrogens is 337 g/mol. The molecule has 3 N–H and O–H groups in total. The molecule has 2 rings (SSSR count). The van der Waals surface area contributed by atoms with Crippen molar-refractivity contribution in [3.05, 3.63) is 33.4 Å². The molecule has 18 heavy (non-hydrogen) atoms. The van der Waals surface area contributed by atoms with E-state index in [1.165, 1.54) is 9.13 Å². The van der Waals surface area contributed by atoms with Crippen molar-refractivity contribution < 1.29 is 0 Å². The topological polar surface area (TPSA) is 53.1 Å². The summed E-state index contributed by atoms with van der Waals surface area (Å²) in [4.78, 5) is 2.45. The van der Waals surface area contributed by atoms with Gasteiger partial charge in [-0.15, -0.1) is 0 Å². The summed E-state index contributed by atoms with van der Waals surface area (Å²) in [5, 5.41) is 7.65. The first kappa shape index (κ1) is 13.8. The molecular formula is C14H20IN3. The third-order valence-corrected chi connectivity index (χ3v) is 4.65. The highest BCUT2D eigenvalue weighted by atomic mass is 127. The van der Waals surface area contributed by atoms with Crippen molar-refractivity contribution in [2.24, 2.45) is 11.1 Å². The van der Waals surface area contributed by atoms with E-state index >= 15 is 0 Å². The smallest absolute Gasteiger partial charge is 0.0966 e. The fourth-order valence-electron chi connectivity index (χ4n) is 2.32. The fourth-order valence-corrected chi connectivity index (χ4v) is 2.68. The lowest BCUT2D eigenvalue weighted by Gasteiger charge is -2.38. The van der Waals surface area contributed by atoms with Gasteiger partial charge in [-0.3, -0.25) is 10.3 Å². The molecule has 0 bridgehead atoms. The van der Waals surface area contributed by atoms with Crippen molar-refractivity contribution in [1.29, 1.82) is 5.41 Å². The summed E-state index contributed by atoms with van der Waals surface area (Å²) >= 11 is 2.33. The van der Waals surface area contributed by atoms with E-state index in [1.54, 1.807) is 0 Å². The zero-order valence-electron chi connectivity index (χ0n) is 10.7. The maximum Gasteiger partial charge on any atom is 0.0966 e. The number of nitrogens with two attached hydrogens (primary N) is 1. The maximum absolute atomic E-state index is 7.65. The predicted molar refractivity (Wildman–Crippen MR) is 83.7 cm³/mol. The standard InChI is InChI=1S/C14H20IN3/c1-14(13(16)17)6-8-18(9-7-14)10-11-2-4-12(15)5-3-11/h2-5H,6-10H2,1H3,(H3,16,17). The van der Waals surface area contributed by atoms with Crippen molar-refractivity contribution in [2.45, 2.75) is 26.3 Å². The number of amidine groups is 1. The second kappa shape index (κ2) is 5.57. The molecule has 4 heteroatoms. The summed E-state index contributed by atoms with van der Waals surface area (Å²) in [6, 6.07) is 8.69. The van der Waals surface area contributed by atoms with Crippen LogP contribution in [-0.2, 0) is 6.54 Å². The second-order valence-corrected chi connectivity index (χ2v) is 6.62. The molecule has 1 heterocycles. The van der Waals surface area contributed by atoms with Gasteiger partial charge in [-0.2, -0.15) is 0 Å². The Morgan fingerprint density at radius 2 is 1.89 bits per heavy atom. The Hall–Kier alpha value is -0.620. The third kappa shape index (κ3) is 3.23. The Morgan fingerprint density at radius 3 is 2.39 bits per heavy atom. The van der Waals surface area contributed by atoms with Crippen LogP contribution >= 0.6 is 22.6 Å². The summed E-state index contributed by atoms with van der Waals surface area (Å²) in [5.74, 6) is 0.344. The molecule has 0 aliphatic carbocycles. The highest BCUT2D eigenvalue weighted by Crippen LogP contribution is 2.31. The van der Waals surface area contributed by atoms with E-state index in [0.717, 1.165) is 32.5 Å². The predicted octanol–water partition coefficient (Wildman–Crippen LogP) is 2.83. The molecule has 1 aliphatic heterocycles. The third-order valence-electron chi connectivity index (χ3n) is 3.93. The summed E-state index contributed by atoms with van der Waals surface area (Å²) in [7, 11) is 0. The molecule has 98 valence electrons. The SMILES string of the molecule is CC1(C(=N)N)CCN(Cc2ccc(I)cc2)CC1. The molecule has 0 atom stereocenters. The van der Waals surface area contributed by atoms with Crippen LogP contribution in [0, 0.1) is 14.4 Å². The molecule has 0 unspecified atom stereocenters. The van der Waals surface area contributed by atoms with Gasteiger partial charge in [0.2, 0.25) is 0 Å². The Morgan fingerprint density at radius 1 is 1.33 bits per heavy atom. The first-order valence-electron chi connectivity index (χ1n) is 6.31. The number of nitrogens with one attached hydrogen (secondary N) is 1. The van der Waals surface area contributed by atoms with Gasteiger partial charge in [0.05, 0.1) is 5.84 Å². The first-order valence-corrected chi connectivity index (χ1v) is 7.39. The molecule has 0 amide bonds. The monoisotopic (exact) mass is 357 g/mol. The van der Waals surface area contributed by atoms with Gasteiger partial charge in [-0.1, -0.05) is 19.1 Å². The number of hydrogen-bond acceptors (Lipinski definition) is 2. The van der Waals surface area contributed by atoms with Crippen LogP contribution in [0.25, 0.3) is 0 Å². The van der Waals surface area contributed by atoms with Gasteiger partial charge < -0.3 is 5.73 Å². The van der Waals surface area contributed by atoms with Crippen molar-refractivity contribution in [3.8, 4) is 0 Å². The van der Waals surface area contributed by atoms with Gasteiger partial charge in [0.25, 0.3) is 0 Å². The molecule has 1 aromatic rings. The minimum absolute atomic E-state index is 0.0808. The largest absolute Gasteiger partial charge is 0.387 e. The van der Waals surface area contributed by atoms with E-state index < -0.39 is 0 Å². The lowest BCUT2D eigenvalue weighted by molar-refractivity contribution is 0.156. The van der Waals surface area contributed by atoms with Crippen LogP contribution < -0.4 is 5.73 Å². The fraction of sp³-hybridized carbons (Fsp3) is 0.500. The summed E-state index contributed by atoms with van der Waals surface area (Å²) in [6.45, 7) is 5.17. The van der Waals surface area contributed by atoms with E-state index in [4.69, 9.17) is 11.1 Å². The van der Waals surface area contributed by atoms with Crippen LogP contribution in [0.1, 0.15) is 25.3 Å². The number of piperidine rings is 1.